The van der Waals surface area contributed by atoms with E-state index in [1.54, 1.807) is 6.92 Å². The highest BCUT2D eigenvalue weighted by molar-refractivity contribution is 8.04. The molecule has 0 saturated carbocycles. The van der Waals surface area contributed by atoms with Crippen LogP contribution in [0.1, 0.15) is 13.8 Å². The average Bonchev–Trinajstić information content (AvgIpc) is 2.45. The summed E-state index contributed by atoms with van der Waals surface area (Å²) in [6.07, 6.45) is -3.16. The Labute approximate surface area is 90.4 Å². The van der Waals surface area contributed by atoms with E-state index in [0.29, 0.717) is 11.8 Å². The van der Waals surface area contributed by atoms with E-state index in [9.17, 15) is 18.0 Å². The van der Waals surface area contributed by atoms with E-state index in [-0.39, 0.29) is 17.3 Å². The summed E-state index contributed by atoms with van der Waals surface area (Å²) in [5, 5.41) is -0.473. The molecule has 0 spiro atoms. The van der Waals surface area contributed by atoms with Gasteiger partial charge in [-0.15, -0.1) is 11.8 Å². The number of thioether (sulfide) groups is 1. The number of hydrogen-bond donors (Lipinski definition) is 0. The van der Waals surface area contributed by atoms with Gasteiger partial charge in [0.25, 0.3) is 0 Å². The summed E-state index contributed by atoms with van der Waals surface area (Å²) in [4.78, 5) is 10.4. The molecule has 1 rings (SSSR count). The number of hydrogen-bond acceptors (Lipinski definition) is 2. The normalized spacial score (nSPS) is 26.3. The molecule has 0 fully saturated rings. The Morgan fingerprint density at radius 1 is 1.53 bits per heavy atom. The standard InChI is InChI=1S/C10H11F3OS/c1-5-4-8(10(11,12)13)15-9(5)6(2)7(3)14/h4-5,9H,2H2,1,3H3. The zero-order chi connectivity index (χ0) is 11.8. The van der Waals surface area contributed by atoms with E-state index in [0.717, 1.165) is 6.08 Å². The first kappa shape index (κ1) is 12.4. The number of carbonyl (C=O) groups is 1. The van der Waals surface area contributed by atoms with Crippen LogP contribution >= 0.6 is 11.8 Å². The Kier molecular flexibility index (Phi) is 3.33. The molecule has 1 heterocycles. The van der Waals surface area contributed by atoms with E-state index in [1.165, 1.54) is 6.92 Å². The van der Waals surface area contributed by atoms with Gasteiger partial charge in [-0.2, -0.15) is 13.2 Å². The molecule has 0 radical (unpaired) electrons. The number of halogens is 3. The van der Waals surface area contributed by atoms with E-state index in [2.05, 4.69) is 6.58 Å². The summed E-state index contributed by atoms with van der Waals surface area (Å²) >= 11 is 0.678. The molecule has 2 unspecified atom stereocenters. The maximum absolute atomic E-state index is 12.4. The first-order valence-corrected chi connectivity index (χ1v) is 5.27. The summed E-state index contributed by atoms with van der Waals surface area (Å²) in [5.74, 6) is -0.556. The lowest BCUT2D eigenvalue weighted by Gasteiger charge is -2.15. The Hall–Kier alpha value is -0.710. The van der Waals surface area contributed by atoms with Crippen molar-refractivity contribution in [2.75, 3.05) is 0 Å². The predicted molar refractivity (Wildman–Crippen MR) is 54.5 cm³/mol. The van der Waals surface area contributed by atoms with Crippen molar-refractivity contribution in [1.82, 2.24) is 0 Å². The highest BCUT2D eigenvalue weighted by Gasteiger charge is 2.42. The van der Waals surface area contributed by atoms with Crippen LogP contribution < -0.4 is 0 Å². The lowest BCUT2D eigenvalue weighted by Crippen LogP contribution is -2.16. The highest BCUT2D eigenvalue weighted by Crippen LogP contribution is 2.47. The highest BCUT2D eigenvalue weighted by atomic mass is 32.2. The Balaban J connectivity index is 2.81. The Morgan fingerprint density at radius 3 is 2.40 bits per heavy atom. The maximum atomic E-state index is 12.4. The predicted octanol–water partition coefficient (Wildman–Crippen LogP) is 3.33. The monoisotopic (exact) mass is 236 g/mol. The van der Waals surface area contributed by atoms with Crippen LogP contribution in [-0.2, 0) is 4.79 Å². The first-order chi connectivity index (χ1) is 6.73. The fraction of sp³-hybridized carbons (Fsp3) is 0.500. The number of Topliss-reactive ketones (excluding diaryl/α,β-unsaturated/α-hetero) is 1. The molecule has 5 heteroatoms. The van der Waals surface area contributed by atoms with Crippen LogP contribution in [0.2, 0.25) is 0 Å². The van der Waals surface area contributed by atoms with E-state index in [1.807, 2.05) is 0 Å². The topological polar surface area (TPSA) is 17.1 Å². The molecule has 0 aromatic carbocycles. The van der Waals surface area contributed by atoms with Crippen molar-refractivity contribution in [2.24, 2.45) is 5.92 Å². The van der Waals surface area contributed by atoms with Gasteiger partial charge in [-0.05, 0) is 12.8 Å². The third-order valence-electron chi connectivity index (χ3n) is 2.22. The van der Waals surface area contributed by atoms with Crippen LogP contribution in [0.3, 0.4) is 0 Å². The van der Waals surface area contributed by atoms with Crippen molar-refractivity contribution >= 4 is 17.5 Å². The maximum Gasteiger partial charge on any atom is 0.421 e. The second-order valence-electron chi connectivity index (χ2n) is 3.51. The molecular weight excluding hydrogens is 225 g/mol. The van der Waals surface area contributed by atoms with Gasteiger partial charge in [0.2, 0.25) is 0 Å². The molecule has 0 aromatic rings. The number of allylic oxidation sites excluding steroid dienone is 2. The number of alkyl halides is 3. The fourth-order valence-electron chi connectivity index (χ4n) is 1.36. The molecular formula is C10H11F3OS. The SMILES string of the molecule is C=C(C(C)=O)C1SC(C(F)(F)F)=CC1C. The molecule has 0 bridgehead atoms. The van der Waals surface area contributed by atoms with Crippen LogP contribution in [0, 0.1) is 5.92 Å². The average molecular weight is 236 g/mol. The van der Waals surface area contributed by atoms with Gasteiger partial charge in [-0.1, -0.05) is 19.6 Å². The second kappa shape index (κ2) is 4.04. The van der Waals surface area contributed by atoms with Crippen LogP contribution in [0.15, 0.2) is 23.1 Å². The van der Waals surface area contributed by atoms with Gasteiger partial charge in [0.1, 0.15) is 0 Å². The minimum atomic E-state index is -4.31. The summed E-state index contributed by atoms with van der Waals surface area (Å²) in [5.41, 5.74) is 0.253. The molecule has 0 amide bonds. The summed E-state index contributed by atoms with van der Waals surface area (Å²) in [6, 6.07) is 0. The van der Waals surface area contributed by atoms with Gasteiger partial charge in [0.05, 0.1) is 4.91 Å². The summed E-state index contributed by atoms with van der Waals surface area (Å²) in [6.45, 7) is 6.51. The minimum absolute atomic E-state index is 0.253. The van der Waals surface area contributed by atoms with Gasteiger partial charge in [0, 0.05) is 10.8 Å². The molecule has 0 saturated heterocycles. The Bertz CT molecular complexity index is 330. The molecule has 84 valence electrons. The van der Waals surface area contributed by atoms with Crippen molar-refractivity contribution < 1.29 is 18.0 Å². The number of rotatable bonds is 2. The zero-order valence-corrected chi connectivity index (χ0v) is 9.21. The van der Waals surface area contributed by atoms with Crippen LogP contribution in [0.5, 0.6) is 0 Å². The van der Waals surface area contributed by atoms with Crippen LogP contribution in [0.25, 0.3) is 0 Å². The molecule has 0 aliphatic carbocycles. The lowest BCUT2D eigenvalue weighted by molar-refractivity contribution is -0.113. The third-order valence-corrected chi connectivity index (χ3v) is 3.81. The van der Waals surface area contributed by atoms with Gasteiger partial charge in [-0.3, -0.25) is 4.79 Å². The van der Waals surface area contributed by atoms with E-state index in [4.69, 9.17) is 0 Å². The first-order valence-electron chi connectivity index (χ1n) is 4.39. The van der Waals surface area contributed by atoms with Gasteiger partial charge < -0.3 is 0 Å². The van der Waals surface area contributed by atoms with Crippen molar-refractivity contribution in [1.29, 1.82) is 0 Å². The van der Waals surface area contributed by atoms with Crippen molar-refractivity contribution in [3.05, 3.63) is 23.1 Å². The van der Waals surface area contributed by atoms with E-state index < -0.39 is 16.3 Å². The minimum Gasteiger partial charge on any atom is -0.295 e. The smallest absolute Gasteiger partial charge is 0.295 e. The fourth-order valence-corrected chi connectivity index (χ4v) is 2.66. The van der Waals surface area contributed by atoms with Crippen LogP contribution in [-0.4, -0.2) is 17.2 Å². The van der Waals surface area contributed by atoms with Crippen LogP contribution in [0.4, 0.5) is 13.2 Å². The van der Waals surface area contributed by atoms with Gasteiger partial charge in [0.15, 0.2) is 5.78 Å². The second-order valence-corrected chi connectivity index (χ2v) is 4.69. The molecule has 2 atom stereocenters. The molecule has 1 aliphatic heterocycles. The van der Waals surface area contributed by atoms with E-state index >= 15 is 0 Å². The largest absolute Gasteiger partial charge is 0.421 e. The number of ketones is 1. The summed E-state index contributed by atoms with van der Waals surface area (Å²) in [7, 11) is 0. The number of carbonyl (C=O) groups excluding carboxylic acids is 1. The van der Waals surface area contributed by atoms with Gasteiger partial charge in [-0.25, -0.2) is 0 Å². The van der Waals surface area contributed by atoms with Crippen molar-refractivity contribution in [3.8, 4) is 0 Å². The zero-order valence-electron chi connectivity index (χ0n) is 8.39. The molecule has 15 heavy (non-hydrogen) atoms. The van der Waals surface area contributed by atoms with Crippen molar-refractivity contribution in [2.45, 2.75) is 25.3 Å². The summed E-state index contributed by atoms with van der Waals surface area (Å²) < 4.78 is 37.1. The molecule has 0 N–H and O–H groups in total. The Morgan fingerprint density at radius 2 is 2.07 bits per heavy atom. The molecule has 1 nitrogen and oxygen atoms in total. The quantitative estimate of drug-likeness (QED) is 0.684. The van der Waals surface area contributed by atoms with Crippen molar-refractivity contribution in [3.63, 3.8) is 0 Å². The third kappa shape index (κ3) is 2.65. The molecule has 0 aromatic heterocycles. The molecule has 1 aliphatic rings. The van der Waals surface area contributed by atoms with Gasteiger partial charge >= 0.3 is 6.18 Å². The lowest BCUT2D eigenvalue weighted by atomic mass is 9.99.